The van der Waals surface area contributed by atoms with Gasteiger partial charge in [-0.15, -0.1) is 0 Å². The number of anilines is 2. The lowest BCUT2D eigenvalue weighted by Gasteiger charge is -2.22. The summed E-state index contributed by atoms with van der Waals surface area (Å²) in [5.41, 5.74) is 3.24. The van der Waals surface area contributed by atoms with E-state index in [0.717, 1.165) is 11.1 Å². The molecule has 30 heavy (non-hydrogen) atoms. The monoisotopic (exact) mass is 401 g/mol. The summed E-state index contributed by atoms with van der Waals surface area (Å²) >= 11 is 0. The maximum absolute atomic E-state index is 12.8. The summed E-state index contributed by atoms with van der Waals surface area (Å²) < 4.78 is 5.87. The van der Waals surface area contributed by atoms with E-state index in [9.17, 15) is 9.59 Å². The van der Waals surface area contributed by atoms with Gasteiger partial charge >= 0.3 is 6.03 Å². The minimum absolute atomic E-state index is 0.0635. The first-order chi connectivity index (χ1) is 14.6. The molecule has 1 aliphatic heterocycles. The second-order valence-electron chi connectivity index (χ2n) is 7.21. The van der Waals surface area contributed by atoms with E-state index in [1.807, 2.05) is 66.7 Å². The maximum atomic E-state index is 12.8. The highest BCUT2D eigenvalue weighted by Gasteiger charge is 2.28. The summed E-state index contributed by atoms with van der Waals surface area (Å²) in [7, 11) is 0. The lowest BCUT2D eigenvalue weighted by atomic mass is 10.1. The minimum Gasteiger partial charge on any atom is -0.481 e. The summed E-state index contributed by atoms with van der Waals surface area (Å²) in [6.45, 7) is 2.66. The van der Waals surface area contributed by atoms with Gasteiger partial charge in [0.25, 0.3) is 5.91 Å². The number of benzene rings is 3. The van der Waals surface area contributed by atoms with Gasteiger partial charge in [-0.05, 0) is 42.8 Å². The molecule has 3 aromatic carbocycles. The number of nitrogens with one attached hydrogen (secondary N) is 2. The number of urea groups is 1. The summed E-state index contributed by atoms with van der Waals surface area (Å²) in [4.78, 5) is 26.9. The Hall–Kier alpha value is -3.80. The van der Waals surface area contributed by atoms with Crippen molar-refractivity contribution in [3.05, 3.63) is 90.0 Å². The zero-order valence-corrected chi connectivity index (χ0v) is 16.7. The van der Waals surface area contributed by atoms with Crippen molar-refractivity contribution in [1.82, 2.24) is 4.90 Å². The van der Waals surface area contributed by atoms with Crippen LogP contribution in [0.4, 0.5) is 16.2 Å². The van der Waals surface area contributed by atoms with Gasteiger partial charge in [-0.2, -0.15) is 0 Å². The fourth-order valence-corrected chi connectivity index (χ4v) is 3.43. The second-order valence-corrected chi connectivity index (χ2v) is 7.21. The van der Waals surface area contributed by atoms with E-state index in [4.69, 9.17) is 4.74 Å². The Morgan fingerprint density at radius 1 is 0.967 bits per heavy atom. The molecule has 152 valence electrons. The van der Waals surface area contributed by atoms with Crippen LogP contribution in [0, 0.1) is 0 Å². The fourth-order valence-electron chi connectivity index (χ4n) is 3.43. The molecule has 0 radical (unpaired) electrons. The van der Waals surface area contributed by atoms with Crippen molar-refractivity contribution >= 4 is 23.3 Å². The van der Waals surface area contributed by atoms with Crippen LogP contribution in [0.3, 0.4) is 0 Å². The van der Waals surface area contributed by atoms with Crippen LogP contribution in [0.2, 0.25) is 0 Å². The summed E-state index contributed by atoms with van der Waals surface area (Å²) in [5, 5.41) is 5.63. The Morgan fingerprint density at radius 3 is 2.37 bits per heavy atom. The first-order valence-electron chi connectivity index (χ1n) is 9.84. The molecule has 0 spiro atoms. The van der Waals surface area contributed by atoms with E-state index in [0.29, 0.717) is 30.2 Å². The van der Waals surface area contributed by atoms with Crippen molar-refractivity contribution < 1.29 is 14.3 Å². The van der Waals surface area contributed by atoms with Crippen LogP contribution in [0.25, 0.3) is 0 Å². The molecule has 0 bridgehead atoms. The van der Waals surface area contributed by atoms with Crippen molar-refractivity contribution in [3.63, 3.8) is 0 Å². The lowest BCUT2D eigenvalue weighted by Crippen LogP contribution is -2.37. The first kappa shape index (κ1) is 19.5. The van der Waals surface area contributed by atoms with Crippen LogP contribution in [-0.2, 0) is 17.9 Å². The number of nitrogens with zero attached hydrogens (tertiary/aromatic N) is 1. The molecule has 6 heteroatoms. The van der Waals surface area contributed by atoms with Crippen molar-refractivity contribution in [2.24, 2.45) is 0 Å². The quantitative estimate of drug-likeness (QED) is 0.669. The van der Waals surface area contributed by atoms with Crippen molar-refractivity contribution in [3.8, 4) is 5.75 Å². The molecule has 6 nitrogen and oxygen atoms in total. The average molecular weight is 401 g/mol. The number of fused-ring (bicyclic) bond motifs is 1. The third-order valence-corrected chi connectivity index (χ3v) is 4.89. The Balaban J connectivity index is 1.51. The summed E-state index contributed by atoms with van der Waals surface area (Å²) in [5.74, 6) is 0.590. The Bertz CT molecular complexity index is 1040. The highest BCUT2D eigenvalue weighted by atomic mass is 16.5. The number of carbonyl (C=O) groups excluding carboxylic acids is 2. The third-order valence-electron chi connectivity index (χ3n) is 4.89. The topological polar surface area (TPSA) is 70.7 Å². The second kappa shape index (κ2) is 8.69. The molecule has 0 saturated heterocycles. The number of amides is 3. The molecular weight excluding hydrogens is 378 g/mol. The van der Waals surface area contributed by atoms with Crippen LogP contribution in [0.15, 0.2) is 78.9 Å². The molecule has 0 aromatic heterocycles. The van der Waals surface area contributed by atoms with Crippen LogP contribution in [0.1, 0.15) is 18.1 Å². The SMILES string of the molecule is C[C@@H]1Oc2ccc(NC(=O)Nc3ccccc3)cc2CN(Cc2ccccc2)C1=O. The average Bonchev–Trinajstić information content (AvgIpc) is 2.86. The standard InChI is InChI=1S/C24H23N3O3/c1-17-23(28)27(15-18-8-4-2-5-9-18)16-19-14-21(12-13-22(19)30-17)26-24(29)25-20-10-6-3-7-11-20/h2-14,17H,15-16H2,1H3,(H2,25,26,29)/t17-/m0/s1. The van der Waals surface area contributed by atoms with Gasteiger partial charge in [0.2, 0.25) is 0 Å². The largest absolute Gasteiger partial charge is 0.481 e. The van der Waals surface area contributed by atoms with E-state index in [1.54, 1.807) is 24.0 Å². The summed E-state index contributed by atoms with van der Waals surface area (Å²) in [6, 6.07) is 24.2. The Kier molecular flexibility index (Phi) is 5.66. The smallest absolute Gasteiger partial charge is 0.323 e. The van der Waals surface area contributed by atoms with Crippen LogP contribution >= 0.6 is 0 Å². The Labute approximate surface area is 175 Å². The van der Waals surface area contributed by atoms with Gasteiger partial charge in [0.05, 0.1) is 0 Å². The third kappa shape index (κ3) is 4.60. The number of hydrogen-bond donors (Lipinski definition) is 2. The maximum Gasteiger partial charge on any atom is 0.323 e. The predicted octanol–water partition coefficient (Wildman–Crippen LogP) is 4.64. The molecule has 0 unspecified atom stereocenters. The molecule has 0 aliphatic carbocycles. The molecule has 1 heterocycles. The van der Waals surface area contributed by atoms with Gasteiger partial charge in [-0.1, -0.05) is 48.5 Å². The molecule has 2 N–H and O–H groups in total. The molecule has 1 aliphatic rings. The van der Waals surface area contributed by atoms with Gasteiger partial charge in [0.15, 0.2) is 6.10 Å². The fraction of sp³-hybridized carbons (Fsp3) is 0.167. The van der Waals surface area contributed by atoms with E-state index in [-0.39, 0.29) is 11.9 Å². The number of carbonyl (C=O) groups is 2. The first-order valence-corrected chi connectivity index (χ1v) is 9.84. The van der Waals surface area contributed by atoms with Gasteiger partial charge < -0.3 is 20.3 Å². The van der Waals surface area contributed by atoms with E-state index in [1.165, 1.54) is 0 Å². The van der Waals surface area contributed by atoms with Crippen LogP contribution < -0.4 is 15.4 Å². The number of ether oxygens (including phenoxy) is 1. The molecule has 4 rings (SSSR count). The molecule has 1 atom stereocenters. The van der Waals surface area contributed by atoms with Gasteiger partial charge in [0.1, 0.15) is 5.75 Å². The Morgan fingerprint density at radius 2 is 1.63 bits per heavy atom. The number of rotatable bonds is 4. The normalized spacial score (nSPS) is 15.6. The molecule has 3 amide bonds. The van der Waals surface area contributed by atoms with Crippen molar-refractivity contribution in [2.45, 2.75) is 26.1 Å². The van der Waals surface area contributed by atoms with Gasteiger partial charge in [0, 0.05) is 30.0 Å². The molecular formula is C24H23N3O3. The van der Waals surface area contributed by atoms with Crippen molar-refractivity contribution in [2.75, 3.05) is 10.6 Å². The lowest BCUT2D eigenvalue weighted by molar-refractivity contribution is -0.138. The molecule has 0 saturated carbocycles. The highest BCUT2D eigenvalue weighted by molar-refractivity contribution is 5.99. The molecule has 0 fully saturated rings. The number of hydrogen-bond acceptors (Lipinski definition) is 3. The molecule has 3 aromatic rings. The van der Waals surface area contributed by atoms with Crippen molar-refractivity contribution in [1.29, 1.82) is 0 Å². The van der Waals surface area contributed by atoms with E-state index < -0.39 is 6.10 Å². The van der Waals surface area contributed by atoms with Gasteiger partial charge in [-0.3, -0.25) is 4.79 Å². The zero-order chi connectivity index (χ0) is 20.9. The highest BCUT2D eigenvalue weighted by Crippen LogP contribution is 2.29. The predicted molar refractivity (Wildman–Crippen MR) is 116 cm³/mol. The minimum atomic E-state index is -0.574. The van der Waals surface area contributed by atoms with E-state index in [2.05, 4.69) is 10.6 Å². The number of para-hydroxylation sites is 1. The van der Waals surface area contributed by atoms with Crippen LogP contribution in [-0.4, -0.2) is 22.9 Å². The zero-order valence-electron chi connectivity index (χ0n) is 16.7. The van der Waals surface area contributed by atoms with Crippen LogP contribution in [0.5, 0.6) is 5.75 Å². The summed E-state index contributed by atoms with van der Waals surface area (Å²) in [6.07, 6.45) is -0.574. The van der Waals surface area contributed by atoms with Gasteiger partial charge in [-0.25, -0.2) is 4.79 Å². The van der Waals surface area contributed by atoms with E-state index >= 15 is 0 Å².